The summed E-state index contributed by atoms with van der Waals surface area (Å²) in [6.45, 7) is 2.90. The van der Waals surface area contributed by atoms with Crippen molar-refractivity contribution in [1.29, 1.82) is 0 Å². The van der Waals surface area contributed by atoms with Crippen LogP contribution in [-0.4, -0.2) is 16.5 Å². The standard InChI is InChI=1S/C14H14BrN3O3/c1-2-16-14-10(5-4-8-17-14)9-21-13-11(15)6-3-7-12(13)18(19)20/h3-8H,2,9H2,1H3,(H,16,17). The van der Waals surface area contributed by atoms with Gasteiger partial charge in [0, 0.05) is 24.4 Å². The second kappa shape index (κ2) is 7.03. The second-order valence-electron chi connectivity index (χ2n) is 4.18. The van der Waals surface area contributed by atoms with Crippen LogP contribution in [0.5, 0.6) is 5.75 Å². The van der Waals surface area contributed by atoms with Gasteiger partial charge >= 0.3 is 5.69 Å². The maximum absolute atomic E-state index is 11.0. The van der Waals surface area contributed by atoms with Gasteiger partial charge in [-0.1, -0.05) is 12.1 Å². The van der Waals surface area contributed by atoms with Crippen LogP contribution in [0.25, 0.3) is 0 Å². The van der Waals surface area contributed by atoms with Gasteiger partial charge in [-0.2, -0.15) is 0 Å². The summed E-state index contributed by atoms with van der Waals surface area (Å²) >= 11 is 3.28. The lowest BCUT2D eigenvalue weighted by Crippen LogP contribution is -2.06. The van der Waals surface area contributed by atoms with E-state index in [1.807, 2.05) is 13.0 Å². The van der Waals surface area contributed by atoms with E-state index in [0.717, 1.165) is 17.9 Å². The minimum Gasteiger partial charge on any atom is -0.481 e. The largest absolute Gasteiger partial charge is 0.481 e. The van der Waals surface area contributed by atoms with E-state index in [1.54, 1.807) is 24.4 Å². The quantitative estimate of drug-likeness (QED) is 0.633. The first-order valence-corrected chi connectivity index (χ1v) is 7.16. The molecule has 7 heteroatoms. The van der Waals surface area contributed by atoms with Crippen LogP contribution < -0.4 is 10.1 Å². The van der Waals surface area contributed by atoms with Crippen LogP contribution in [-0.2, 0) is 6.61 Å². The Hall–Kier alpha value is -2.15. The summed E-state index contributed by atoms with van der Waals surface area (Å²) in [7, 11) is 0. The predicted molar refractivity (Wildman–Crippen MR) is 83.5 cm³/mol. The summed E-state index contributed by atoms with van der Waals surface area (Å²) in [4.78, 5) is 14.8. The van der Waals surface area contributed by atoms with E-state index in [4.69, 9.17) is 4.74 Å². The monoisotopic (exact) mass is 351 g/mol. The molecule has 0 unspecified atom stereocenters. The van der Waals surface area contributed by atoms with Crippen LogP contribution in [0, 0.1) is 10.1 Å². The number of aromatic nitrogens is 1. The lowest BCUT2D eigenvalue weighted by molar-refractivity contribution is -0.386. The number of nitrogens with one attached hydrogen (secondary N) is 1. The molecule has 0 radical (unpaired) electrons. The Morgan fingerprint density at radius 3 is 2.90 bits per heavy atom. The lowest BCUT2D eigenvalue weighted by Gasteiger charge is -2.11. The normalized spacial score (nSPS) is 10.2. The van der Waals surface area contributed by atoms with E-state index in [0.29, 0.717) is 4.47 Å². The zero-order valence-corrected chi connectivity index (χ0v) is 13.0. The maximum Gasteiger partial charge on any atom is 0.312 e. The van der Waals surface area contributed by atoms with E-state index in [2.05, 4.69) is 26.2 Å². The number of ether oxygens (including phenoxy) is 1. The molecule has 1 aromatic heterocycles. The topological polar surface area (TPSA) is 77.3 Å². The molecule has 21 heavy (non-hydrogen) atoms. The molecular formula is C14H14BrN3O3. The van der Waals surface area contributed by atoms with E-state index < -0.39 is 4.92 Å². The van der Waals surface area contributed by atoms with Gasteiger partial charge in [0.15, 0.2) is 0 Å². The number of nitrogens with zero attached hydrogens (tertiary/aromatic N) is 2. The average Bonchev–Trinajstić information content (AvgIpc) is 2.47. The molecule has 0 bridgehead atoms. The number of pyridine rings is 1. The van der Waals surface area contributed by atoms with Gasteiger partial charge in [0.05, 0.1) is 9.40 Å². The van der Waals surface area contributed by atoms with Crippen LogP contribution in [0.4, 0.5) is 11.5 Å². The smallest absolute Gasteiger partial charge is 0.312 e. The Kier molecular flexibility index (Phi) is 5.10. The Morgan fingerprint density at radius 1 is 1.38 bits per heavy atom. The second-order valence-corrected chi connectivity index (χ2v) is 5.03. The van der Waals surface area contributed by atoms with Crippen molar-refractivity contribution >= 4 is 27.4 Å². The molecule has 110 valence electrons. The Morgan fingerprint density at radius 2 is 2.19 bits per heavy atom. The van der Waals surface area contributed by atoms with Crippen LogP contribution in [0.1, 0.15) is 12.5 Å². The number of nitro groups is 1. The fourth-order valence-corrected chi connectivity index (χ4v) is 2.29. The summed E-state index contributed by atoms with van der Waals surface area (Å²) in [6, 6.07) is 8.39. The number of halogens is 1. The molecule has 1 aromatic carbocycles. The highest BCUT2D eigenvalue weighted by molar-refractivity contribution is 9.10. The highest BCUT2D eigenvalue weighted by Crippen LogP contribution is 2.35. The molecule has 0 saturated carbocycles. The Labute approximate surface area is 130 Å². The van der Waals surface area contributed by atoms with Crippen molar-refractivity contribution in [3.05, 3.63) is 56.7 Å². The molecular weight excluding hydrogens is 338 g/mol. The molecule has 0 aliphatic heterocycles. The zero-order chi connectivity index (χ0) is 15.2. The van der Waals surface area contributed by atoms with Gasteiger partial charge < -0.3 is 10.1 Å². The highest BCUT2D eigenvalue weighted by Gasteiger charge is 2.18. The van der Waals surface area contributed by atoms with Gasteiger partial charge in [-0.25, -0.2) is 4.98 Å². The molecule has 0 atom stereocenters. The number of rotatable bonds is 6. The molecule has 1 heterocycles. The molecule has 0 amide bonds. The zero-order valence-electron chi connectivity index (χ0n) is 11.4. The fraction of sp³-hybridized carbons (Fsp3) is 0.214. The van der Waals surface area contributed by atoms with Gasteiger partial charge in [-0.3, -0.25) is 10.1 Å². The maximum atomic E-state index is 11.0. The number of para-hydroxylation sites is 1. The molecule has 0 fully saturated rings. The van der Waals surface area contributed by atoms with Gasteiger partial charge in [0.1, 0.15) is 12.4 Å². The number of anilines is 1. The minimum atomic E-state index is -0.464. The van der Waals surface area contributed by atoms with Crippen molar-refractivity contribution in [2.24, 2.45) is 0 Å². The van der Waals surface area contributed by atoms with E-state index in [1.165, 1.54) is 6.07 Å². The SMILES string of the molecule is CCNc1ncccc1COc1c(Br)cccc1[N+](=O)[O-]. The van der Waals surface area contributed by atoms with Crippen molar-refractivity contribution in [3.63, 3.8) is 0 Å². The molecule has 1 N–H and O–H groups in total. The fourth-order valence-electron chi connectivity index (χ4n) is 1.82. The Bertz CT molecular complexity index is 649. The van der Waals surface area contributed by atoms with Crippen LogP contribution in [0.3, 0.4) is 0 Å². The molecule has 2 aromatic rings. The first-order chi connectivity index (χ1) is 10.1. The summed E-state index contributed by atoms with van der Waals surface area (Å²) in [5.74, 6) is 0.934. The summed E-state index contributed by atoms with van der Waals surface area (Å²) in [5.41, 5.74) is 0.766. The molecule has 0 spiro atoms. The predicted octanol–water partition coefficient (Wildman–Crippen LogP) is 3.76. The van der Waals surface area contributed by atoms with Gasteiger partial charge in [0.25, 0.3) is 0 Å². The third-order valence-electron chi connectivity index (χ3n) is 2.75. The third-order valence-corrected chi connectivity index (χ3v) is 3.37. The highest BCUT2D eigenvalue weighted by atomic mass is 79.9. The minimum absolute atomic E-state index is 0.0710. The van der Waals surface area contributed by atoms with E-state index in [-0.39, 0.29) is 18.0 Å². The van der Waals surface area contributed by atoms with Gasteiger partial charge in [0.2, 0.25) is 5.75 Å². The van der Waals surface area contributed by atoms with Crippen molar-refractivity contribution in [1.82, 2.24) is 4.98 Å². The number of hydrogen-bond donors (Lipinski definition) is 1. The van der Waals surface area contributed by atoms with Crippen molar-refractivity contribution in [3.8, 4) is 5.75 Å². The third kappa shape index (κ3) is 3.69. The van der Waals surface area contributed by atoms with E-state index in [9.17, 15) is 10.1 Å². The van der Waals surface area contributed by atoms with Crippen molar-refractivity contribution < 1.29 is 9.66 Å². The van der Waals surface area contributed by atoms with Gasteiger partial charge in [-0.05, 0) is 35.0 Å². The number of nitro benzene ring substituents is 1. The molecule has 0 aliphatic rings. The number of hydrogen-bond acceptors (Lipinski definition) is 5. The van der Waals surface area contributed by atoms with Crippen molar-refractivity contribution in [2.45, 2.75) is 13.5 Å². The summed E-state index contributed by atoms with van der Waals surface area (Å²) in [6.07, 6.45) is 1.68. The average molecular weight is 352 g/mol. The number of benzene rings is 1. The van der Waals surface area contributed by atoms with E-state index >= 15 is 0 Å². The summed E-state index contributed by atoms with van der Waals surface area (Å²) < 4.78 is 6.18. The first kappa shape index (κ1) is 15.2. The first-order valence-electron chi connectivity index (χ1n) is 6.37. The molecule has 0 aliphatic carbocycles. The molecule has 6 nitrogen and oxygen atoms in total. The van der Waals surface area contributed by atoms with Crippen LogP contribution >= 0.6 is 15.9 Å². The van der Waals surface area contributed by atoms with Crippen LogP contribution in [0.2, 0.25) is 0 Å². The van der Waals surface area contributed by atoms with Crippen LogP contribution in [0.15, 0.2) is 41.0 Å². The molecule has 2 rings (SSSR count). The van der Waals surface area contributed by atoms with Crippen molar-refractivity contribution in [2.75, 3.05) is 11.9 Å². The molecule has 0 saturated heterocycles. The summed E-state index contributed by atoms with van der Waals surface area (Å²) in [5, 5.41) is 14.2. The lowest BCUT2D eigenvalue weighted by atomic mass is 10.2. The Balaban J connectivity index is 2.23. The van der Waals surface area contributed by atoms with Gasteiger partial charge in [-0.15, -0.1) is 0 Å².